The number of benzene rings is 1. The highest BCUT2D eigenvalue weighted by Gasteiger charge is 2.37. The number of nitrogens with zero attached hydrogens (tertiary/aromatic N) is 2. The maximum atomic E-state index is 12.4. The number of hydrogen-bond acceptors (Lipinski definition) is 4. The van der Waals surface area contributed by atoms with E-state index in [1.807, 2.05) is 18.4 Å². The maximum Gasteiger partial charge on any atom is 0.431 e. The third-order valence-corrected chi connectivity index (χ3v) is 3.01. The van der Waals surface area contributed by atoms with E-state index < -0.39 is 18.4 Å². The normalized spacial score (nSPS) is 15.4. The molecule has 0 atom stereocenters. The second-order valence-corrected chi connectivity index (χ2v) is 4.62. The summed E-state index contributed by atoms with van der Waals surface area (Å²) in [6.45, 7) is 0.305. The lowest BCUT2D eigenvalue weighted by Gasteiger charge is -2.04. The van der Waals surface area contributed by atoms with Crippen LogP contribution >= 0.6 is 11.9 Å². The number of rotatable bonds is 4. The van der Waals surface area contributed by atoms with Gasteiger partial charge in [0.2, 0.25) is 0 Å². The minimum Gasteiger partial charge on any atom is -0.260 e. The zero-order valence-corrected chi connectivity index (χ0v) is 11.0. The van der Waals surface area contributed by atoms with Gasteiger partial charge in [0.15, 0.2) is 5.84 Å². The molecule has 0 aromatic heterocycles. The summed E-state index contributed by atoms with van der Waals surface area (Å²) in [5, 5.41) is 0. The van der Waals surface area contributed by atoms with Crippen LogP contribution < -0.4 is 4.72 Å². The van der Waals surface area contributed by atoms with Gasteiger partial charge in [-0.15, -0.1) is 0 Å². The Morgan fingerprint density at radius 2 is 1.95 bits per heavy atom. The van der Waals surface area contributed by atoms with Crippen molar-refractivity contribution in [1.29, 1.82) is 0 Å². The molecule has 0 amide bonds. The molecule has 1 aliphatic heterocycles. The number of alkyl halides is 3. The molecule has 102 valence electrons. The quantitative estimate of drug-likeness (QED) is 0.865. The van der Waals surface area contributed by atoms with E-state index in [-0.39, 0.29) is 5.84 Å². The fourth-order valence-electron chi connectivity index (χ4n) is 1.58. The molecular weight excluding hydrogens is 275 g/mol. The molecule has 2 rings (SSSR count). The lowest BCUT2D eigenvalue weighted by Crippen LogP contribution is -2.23. The molecule has 0 unspecified atom stereocenters. The molecule has 0 spiro atoms. The molecule has 7 heteroatoms. The van der Waals surface area contributed by atoms with Gasteiger partial charge in [0, 0.05) is 12.1 Å². The van der Waals surface area contributed by atoms with Crippen molar-refractivity contribution in [3.05, 3.63) is 35.4 Å². The summed E-state index contributed by atoms with van der Waals surface area (Å²) >= 11 is 1.51. The smallest absolute Gasteiger partial charge is 0.260 e. The molecule has 1 aromatic rings. The molecule has 1 aromatic carbocycles. The van der Waals surface area contributed by atoms with Crippen LogP contribution in [0.2, 0.25) is 0 Å². The first-order valence-corrected chi connectivity index (χ1v) is 6.77. The van der Waals surface area contributed by atoms with Gasteiger partial charge in [-0.25, -0.2) is 4.99 Å². The summed E-state index contributed by atoms with van der Waals surface area (Å²) in [6.07, 6.45) is -2.47. The first-order chi connectivity index (χ1) is 9.00. The van der Waals surface area contributed by atoms with E-state index in [1.54, 1.807) is 12.1 Å². The first-order valence-electron chi connectivity index (χ1n) is 5.55. The van der Waals surface area contributed by atoms with Crippen LogP contribution in [-0.4, -0.2) is 30.5 Å². The van der Waals surface area contributed by atoms with Crippen LogP contribution in [0.25, 0.3) is 0 Å². The number of aliphatic imine (C=N–C) groups is 2. The zero-order valence-electron chi connectivity index (χ0n) is 10.2. The van der Waals surface area contributed by atoms with Gasteiger partial charge in [0.1, 0.15) is 5.71 Å². The number of amidine groups is 1. The molecule has 0 saturated carbocycles. The molecule has 0 saturated heterocycles. The predicted octanol–water partition coefficient (Wildman–Crippen LogP) is 2.82. The summed E-state index contributed by atoms with van der Waals surface area (Å²) < 4.78 is 40.4. The van der Waals surface area contributed by atoms with E-state index in [9.17, 15) is 13.2 Å². The van der Waals surface area contributed by atoms with Gasteiger partial charge in [0.25, 0.3) is 0 Å². The van der Waals surface area contributed by atoms with Crippen molar-refractivity contribution >= 4 is 23.5 Å². The van der Waals surface area contributed by atoms with Gasteiger partial charge in [0.05, 0.1) is 6.54 Å². The Labute approximate surface area is 113 Å². The van der Waals surface area contributed by atoms with Crippen LogP contribution in [0.15, 0.2) is 34.3 Å². The van der Waals surface area contributed by atoms with Crippen molar-refractivity contribution in [3.63, 3.8) is 0 Å². The topological polar surface area (TPSA) is 36.8 Å². The lowest BCUT2D eigenvalue weighted by atomic mass is 10.1. The Kier molecular flexibility index (Phi) is 4.26. The summed E-state index contributed by atoms with van der Waals surface area (Å²) in [5.74, 6) is 0.150. The molecule has 1 N–H and O–H groups in total. The SMILES string of the molecule is CSNCc1ccc(C2=NCC(C(F)(F)F)=N2)cc1. The van der Waals surface area contributed by atoms with Crippen molar-refractivity contribution in [3.8, 4) is 0 Å². The molecule has 0 fully saturated rings. The molecule has 0 aliphatic carbocycles. The van der Waals surface area contributed by atoms with Gasteiger partial charge in [-0.1, -0.05) is 36.2 Å². The van der Waals surface area contributed by atoms with E-state index in [0.717, 1.165) is 5.56 Å². The summed E-state index contributed by atoms with van der Waals surface area (Å²) in [4.78, 5) is 7.36. The van der Waals surface area contributed by atoms with Crippen molar-refractivity contribution < 1.29 is 13.2 Å². The van der Waals surface area contributed by atoms with E-state index >= 15 is 0 Å². The van der Waals surface area contributed by atoms with E-state index in [4.69, 9.17) is 0 Å². The molecule has 1 heterocycles. The second kappa shape index (κ2) is 5.75. The van der Waals surface area contributed by atoms with Crippen LogP contribution in [0.5, 0.6) is 0 Å². The fraction of sp³-hybridized carbons (Fsp3) is 0.333. The minimum absolute atomic E-state index is 0.150. The predicted molar refractivity (Wildman–Crippen MR) is 71.7 cm³/mol. The van der Waals surface area contributed by atoms with Crippen LogP contribution in [0.1, 0.15) is 11.1 Å². The number of hydrogen-bond donors (Lipinski definition) is 1. The number of halogens is 3. The highest BCUT2D eigenvalue weighted by Crippen LogP contribution is 2.22. The highest BCUT2D eigenvalue weighted by molar-refractivity contribution is 7.96. The fourth-order valence-corrected chi connectivity index (χ4v) is 1.90. The van der Waals surface area contributed by atoms with Crippen molar-refractivity contribution in [1.82, 2.24) is 4.72 Å². The Bertz CT molecular complexity index is 506. The largest absolute Gasteiger partial charge is 0.431 e. The highest BCUT2D eigenvalue weighted by atomic mass is 32.2. The minimum atomic E-state index is -4.40. The average molecular weight is 287 g/mol. The standard InChI is InChI=1S/C12H12F3N3S/c1-19-17-6-8-2-4-9(5-3-8)11-16-7-10(18-11)12(13,14)15/h2-5,17H,6-7H2,1H3. The monoisotopic (exact) mass is 287 g/mol. The van der Waals surface area contributed by atoms with Crippen LogP contribution in [0.4, 0.5) is 13.2 Å². The third kappa shape index (κ3) is 3.57. The Hall–Kier alpha value is -1.34. The third-order valence-electron chi connectivity index (χ3n) is 2.58. The average Bonchev–Trinajstić information content (AvgIpc) is 2.86. The Balaban J connectivity index is 2.10. The van der Waals surface area contributed by atoms with Crippen molar-refractivity contribution in [2.24, 2.45) is 9.98 Å². The molecule has 3 nitrogen and oxygen atoms in total. The van der Waals surface area contributed by atoms with E-state index in [1.165, 1.54) is 11.9 Å². The molecular formula is C12H12F3N3S. The van der Waals surface area contributed by atoms with Gasteiger partial charge < -0.3 is 0 Å². The van der Waals surface area contributed by atoms with Gasteiger partial charge in [-0.2, -0.15) is 13.2 Å². The molecule has 0 bridgehead atoms. The number of nitrogens with one attached hydrogen (secondary N) is 1. The maximum absolute atomic E-state index is 12.4. The molecule has 19 heavy (non-hydrogen) atoms. The lowest BCUT2D eigenvalue weighted by molar-refractivity contribution is -0.0592. The molecule has 1 aliphatic rings. The van der Waals surface area contributed by atoms with E-state index in [2.05, 4.69) is 14.7 Å². The van der Waals surface area contributed by atoms with Crippen LogP contribution in [0, 0.1) is 0 Å². The summed E-state index contributed by atoms with van der Waals surface area (Å²) in [7, 11) is 0. The van der Waals surface area contributed by atoms with Gasteiger partial charge >= 0.3 is 6.18 Å². The first kappa shape index (κ1) is 14.1. The van der Waals surface area contributed by atoms with Crippen LogP contribution in [-0.2, 0) is 6.54 Å². The van der Waals surface area contributed by atoms with E-state index in [0.29, 0.717) is 12.1 Å². The zero-order chi connectivity index (χ0) is 13.9. The van der Waals surface area contributed by atoms with Gasteiger partial charge in [-0.05, 0) is 11.8 Å². The van der Waals surface area contributed by atoms with Crippen LogP contribution in [0.3, 0.4) is 0 Å². The van der Waals surface area contributed by atoms with Gasteiger partial charge in [-0.3, -0.25) is 9.71 Å². The molecule has 0 radical (unpaired) electrons. The van der Waals surface area contributed by atoms with Crippen molar-refractivity contribution in [2.45, 2.75) is 12.7 Å². The Morgan fingerprint density at radius 3 is 2.47 bits per heavy atom. The Morgan fingerprint density at radius 1 is 1.26 bits per heavy atom. The van der Waals surface area contributed by atoms with Crippen molar-refractivity contribution in [2.75, 3.05) is 12.8 Å². The summed E-state index contributed by atoms with van der Waals surface area (Å²) in [5.41, 5.74) is 0.819. The second-order valence-electron chi connectivity index (χ2n) is 3.92. The summed E-state index contributed by atoms with van der Waals surface area (Å²) in [6, 6.07) is 7.17.